The molecule has 0 saturated carbocycles. The second-order valence-corrected chi connectivity index (χ2v) is 24.4. The van der Waals surface area contributed by atoms with E-state index >= 15 is 0 Å². The number of para-hydroxylation sites is 2. The molecular weight excluding hydrogens is 1280 g/mol. The van der Waals surface area contributed by atoms with E-state index in [1.54, 1.807) is 91.0 Å². The lowest BCUT2D eigenvalue weighted by molar-refractivity contribution is -0.223. The zero-order chi connectivity index (χ0) is 68.1. The van der Waals surface area contributed by atoms with Crippen molar-refractivity contribution in [2.75, 3.05) is 78.1 Å². The summed E-state index contributed by atoms with van der Waals surface area (Å²) >= 11 is 8.50. The molecule has 1 fully saturated rings. The molecule has 4 heterocycles. The van der Waals surface area contributed by atoms with Gasteiger partial charge in [0.25, 0.3) is 0 Å². The molecule has 27 heteroatoms. The average Bonchev–Trinajstić information content (AvgIpc) is 1.58. The number of amides is 3. The number of nitrogens with two attached hydrogens (primary N) is 2. The van der Waals surface area contributed by atoms with Gasteiger partial charge in [0.2, 0.25) is 23.8 Å². The third-order valence-corrected chi connectivity index (χ3v) is 17.6. The van der Waals surface area contributed by atoms with Gasteiger partial charge in [-0.25, -0.2) is 33.9 Å². The number of hydrogen-bond donors (Lipinski definition) is 7. The summed E-state index contributed by atoms with van der Waals surface area (Å²) in [5.74, 6) is -0.716. The van der Waals surface area contributed by atoms with Crippen molar-refractivity contribution >= 4 is 62.7 Å². The van der Waals surface area contributed by atoms with Gasteiger partial charge >= 0.3 is 12.1 Å². The van der Waals surface area contributed by atoms with E-state index in [4.69, 9.17) is 56.3 Å². The smallest absolute Gasteiger partial charge is 0.410 e. The molecular formula is C69H79ClFN12O12S+. The highest BCUT2D eigenvalue weighted by atomic mass is 35.5. The van der Waals surface area contributed by atoms with E-state index in [2.05, 4.69) is 40.9 Å². The van der Waals surface area contributed by atoms with Crippen LogP contribution >= 0.6 is 22.9 Å². The van der Waals surface area contributed by atoms with Gasteiger partial charge in [0, 0.05) is 61.5 Å². The number of carbonyl (C=O) groups is 4. The number of carboxylic acids is 1. The Hall–Kier alpha value is -9.28. The maximum absolute atomic E-state index is 14.4. The molecule has 1 saturated heterocycles. The Bertz CT molecular complexity index is 3940. The minimum atomic E-state index is -1.44. The zero-order valence-electron chi connectivity index (χ0n) is 53.8. The number of aromatic nitrogens is 4. The Morgan fingerprint density at radius 3 is 2.33 bits per heavy atom. The number of anilines is 1. The quantitative estimate of drug-likeness (QED) is 0.0113. The second-order valence-electron chi connectivity index (χ2n) is 23.0. The second kappa shape index (κ2) is 34.9. The molecule has 0 bridgehead atoms. The molecule has 24 nitrogen and oxygen atoms in total. The predicted molar refractivity (Wildman–Crippen MR) is 360 cm³/mol. The summed E-state index contributed by atoms with van der Waals surface area (Å²) < 4.78 is 50.0. The van der Waals surface area contributed by atoms with E-state index in [0.717, 1.165) is 5.56 Å². The fraction of sp³-hybridized carbons (Fsp3) is 0.362. The normalized spacial score (nSPS) is 13.7. The third-order valence-electron chi connectivity index (χ3n) is 16.0. The Morgan fingerprint density at radius 2 is 1.60 bits per heavy atom. The third kappa shape index (κ3) is 19.0. The lowest BCUT2D eigenvalue weighted by Crippen LogP contribution is -2.57. The lowest BCUT2D eigenvalue weighted by atomic mass is 9.96. The average molecular weight is 1350 g/mol. The van der Waals surface area contributed by atoms with Gasteiger partial charge in [-0.1, -0.05) is 92.5 Å². The maximum atomic E-state index is 14.4. The van der Waals surface area contributed by atoms with Crippen molar-refractivity contribution in [2.45, 2.75) is 84.1 Å². The van der Waals surface area contributed by atoms with Crippen LogP contribution in [0.25, 0.3) is 43.2 Å². The van der Waals surface area contributed by atoms with Gasteiger partial charge in [-0.2, -0.15) is 5.53 Å². The summed E-state index contributed by atoms with van der Waals surface area (Å²) in [7, 11) is 1.58. The van der Waals surface area contributed by atoms with Crippen molar-refractivity contribution in [3.8, 4) is 56.1 Å². The maximum Gasteiger partial charge on any atom is 0.410 e. The first-order chi connectivity index (χ1) is 46.5. The highest BCUT2D eigenvalue weighted by Crippen LogP contribution is 2.49. The number of aliphatic hydroxyl groups is 1. The highest BCUT2D eigenvalue weighted by molar-refractivity contribution is 7.22. The molecule has 96 heavy (non-hydrogen) atoms. The first-order valence-corrected chi connectivity index (χ1v) is 32.6. The summed E-state index contributed by atoms with van der Waals surface area (Å²) in [5.41, 5.74) is 16.5. The standard InChI is InChI=1S/C69H78ClFN12O12S/c1-42(2)61(81-57(84)40-91-35-29-77-73)65(86)80-52(13-9-10-27-72)64(85)79-48-22-16-44(17-23-48)38-94-69(89)83-32-30-82(31-33-83)34-36-92-55-25-24-50(43(3)60(55)70)58-59-66(75-41-76-67(59)96-62(58)45-18-20-47(71)21-19-45)95-56(68(87)88)37-46-11-5-7-14-53(46)93-39-49-26-28-74-63(78-49)51-12-6-8-15-54(51)90-4/h5-8,11-12,14-26,28,41-42,52,56,61,65,73,80,86H,9-10,13,27,29-40,72H2,1-4H3,(H,79,85)(H,81,84)(H,87,88)/p+1/t52-,56+,61-,65?/m0/s1. The van der Waals surface area contributed by atoms with E-state index in [0.29, 0.717) is 146 Å². The number of fused-ring (bicyclic) bond motifs is 1. The number of thiophene rings is 1. The molecule has 9 rings (SSSR count). The predicted octanol–water partition coefficient (Wildman–Crippen LogP) is 8.29. The Morgan fingerprint density at radius 1 is 0.854 bits per heavy atom. The number of rotatable bonds is 34. The van der Waals surface area contributed by atoms with Crippen molar-refractivity contribution in [3.63, 3.8) is 0 Å². The zero-order valence-corrected chi connectivity index (χ0v) is 55.3. The highest BCUT2D eigenvalue weighted by Gasteiger charge is 2.32. The molecule has 0 spiro atoms. The van der Waals surface area contributed by atoms with Crippen molar-refractivity contribution in [1.82, 2.24) is 40.4 Å². The monoisotopic (exact) mass is 1350 g/mol. The minimum Gasteiger partial charge on any atom is -0.496 e. The molecule has 506 valence electrons. The van der Waals surface area contributed by atoms with Gasteiger partial charge in [-0.15, -0.1) is 11.3 Å². The lowest BCUT2D eigenvalue weighted by Gasteiger charge is -2.34. The number of aliphatic hydroxyl groups excluding tert-OH is 1. The van der Waals surface area contributed by atoms with Gasteiger partial charge in [0.1, 0.15) is 73.4 Å². The molecule has 0 radical (unpaired) electrons. The van der Waals surface area contributed by atoms with Crippen LogP contribution in [0.15, 0.2) is 133 Å². The Kier molecular flexibility index (Phi) is 25.8. The number of methoxy groups -OCH3 is 1. The van der Waals surface area contributed by atoms with Gasteiger partial charge in [-0.05, 0) is 120 Å². The van der Waals surface area contributed by atoms with Gasteiger partial charge in [-0.3, -0.25) is 19.8 Å². The molecule has 9 N–H and O–H groups in total. The fourth-order valence-electron chi connectivity index (χ4n) is 10.8. The molecule has 1 unspecified atom stereocenters. The first-order valence-electron chi connectivity index (χ1n) is 31.4. The topological polar surface area (TPSA) is 322 Å². The number of hydrogen-bond acceptors (Lipinski definition) is 20. The largest absolute Gasteiger partial charge is 0.496 e. The van der Waals surface area contributed by atoms with Gasteiger partial charge in [0.15, 0.2) is 5.82 Å². The van der Waals surface area contributed by atoms with Crippen LogP contribution in [0.4, 0.5) is 14.9 Å². The summed E-state index contributed by atoms with van der Waals surface area (Å²) in [6.45, 7) is 9.00. The van der Waals surface area contributed by atoms with E-state index in [1.165, 1.54) is 29.8 Å². The number of nitrogens with one attached hydrogen (secondary N) is 3. The van der Waals surface area contributed by atoms with Crippen LogP contribution in [0.2, 0.25) is 5.02 Å². The number of nitrogens with zero attached hydrogens (tertiary/aromatic N) is 7. The minimum absolute atomic E-state index is 0.00342. The van der Waals surface area contributed by atoms with Crippen molar-refractivity contribution in [1.29, 1.82) is 0 Å². The SMILES string of the molecule is COc1ccccc1-c1nccc(COc2ccccc2C[C@@H](Oc2ncnc3sc(-c4ccc(F)cc4)c(-c4ccc(OCCN5CCN(C(=O)OCc6ccc(NC(=O)[C@H](CCCCN)NC(O)[C@@H](NC(=O)COCCN=[NH2+])C(C)C)cc6)CC5)c(Cl)c4C)c23)C(=O)O)n1. The molecule has 3 aromatic heterocycles. The van der Waals surface area contributed by atoms with E-state index < -0.39 is 48.2 Å². The van der Waals surface area contributed by atoms with E-state index in [-0.39, 0.29) is 63.7 Å². The first kappa shape index (κ1) is 71.0. The van der Waals surface area contributed by atoms with Crippen LogP contribution in [0, 0.1) is 18.7 Å². The van der Waals surface area contributed by atoms with Gasteiger partial charge in [0.05, 0.1) is 47.5 Å². The fourth-order valence-corrected chi connectivity index (χ4v) is 12.2. The number of aliphatic carboxylic acids is 1. The summed E-state index contributed by atoms with van der Waals surface area (Å²) in [5, 5.41) is 34.9. The van der Waals surface area contributed by atoms with Crippen molar-refractivity contribution in [3.05, 3.63) is 161 Å². The molecule has 1 aliphatic heterocycles. The molecule has 0 aliphatic carbocycles. The number of ether oxygens (including phenoxy) is 6. The molecule has 4 atom stereocenters. The molecule has 1 aliphatic rings. The molecule has 3 amide bonds. The van der Waals surface area contributed by atoms with E-state index in [1.807, 2.05) is 51.1 Å². The van der Waals surface area contributed by atoms with Crippen LogP contribution in [0.5, 0.6) is 23.1 Å². The Labute approximate surface area is 564 Å². The van der Waals surface area contributed by atoms with Crippen molar-refractivity contribution < 1.29 is 67.7 Å². The summed E-state index contributed by atoms with van der Waals surface area (Å²) in [6, 6.07) is 31.3. The number of benzene rings is 5. The van der Waals surface area contributed by atoms with Crippen LogP contribution in [-0.4, -0.2) is 161 Å². The number of carbonyl (C=O) groups excluding carboxylic acids is 3. The van der Waals surface area contributed by atoms with Crippen LogP contribution in [0.1, 0.15) is 55.5 Å². The summed E-state index contributed by atoms with van der Waals surface area (Å²) in [4.78, 5) is 76.0. The van der Waals surface area contributed by atoms with Crippen LogP contribution in [-0.2, 0) is 43.5 Å². The Balaban J connectivity index is 0.793. The number of halogens is 2. The molecule has 8 aromatic rings. The number of carboxylic acid groups (broad SMARTS) is 1. The van der Waals surface area contributed by atoms with Crippen LogP contribution in [0.3, 0.4) is 0 Å². The number of unbranched alkanes of at least 4 members (excludes halogenated alkanes) is 1. The van der Waals surface area contributed by atoms with Gasteiger partial charge < -0.3 is 59.9 Å². The summed E-state index contributed by atoms with van der Waals surface area (Å²) in [6.07, 6.45) is 1.34. The molecule has 5 aromatic carbocycles. The van der Waals surface area contributed by atoms with Crippen LogP contribution < -0.4 is 46.2 Å². The number of piperazine rings is 1. The van der Waals surface area contributed by atoms with Crippen molar-refractivity contribution in [2.24, 2.45) is 16.8 Å². The van der Waals surface area contributed by atoms with E-state index in [9.17, 15) is 33.8 Å².